The van der Waals surface area contributed by atoms with E-state index in [-0.39, 0.29) is 12.5 Å². The zero-order chi connectivity index (χ0) is 21.2. The van der Waals surface area contributed by atoms with E-state index >= 15 is 0 Å². The van der Waals surface area contributed by atoms with E-state index in [1.807, 2.05) is 59.7 Å². The molecule has 0 spiro atoms. The summed E-state index contributed by atoms with van der Waals surface area (Å²) >= 11 is 1.58. The van der Waals surface area contributed by atoms with E-state index in [9.17, 15) is 4.79 Å². The van der Waals surface area contributed by atoms with Crippen LogP contribution in [0.3, 0.4) is 0 Å². The van der Waals surface area contributed by atoms with Gasteiger partial charge in [0.05, 0.1) is 42.2 Å². The normalized spacial score (nSPS) is 13.6. The lowest BCUT2D eigenvalue weighted by molar-refractivity contribution is -0.133. The maximum absolute atomic E-state index is 12.6. The maximum atomic E-state index is 12.6. The lowest BCUT2D eigenvalue weighted by atomic mass is 10.2. The number of pyridine rings is 1. The molecule has 0 bridgehead atoms. The first-order valence-electron chi connectivity index (χ1n) is 10.0. The number of nitrogens with zero attached hydrogens (tertiary/aromatic N) is 5. The van der Waals surface area contributed by atoms with Gasteiger partial charge in [-0.3, -0.25) is 9.48 Å². The van der Waals surface area contributed by atoms with Crippen LogP contribution in [0.2, 0.25) is 0 Å². The summed E-state index contributed by atoms with van der Waals surface area (Å²) in [4.78, 5) is 23.6. The van der Waals surface area contributed by atoms with Gasteiger partial charge in [0, 0.05) is 17.1 Å². The van der Waals surface area contributed by atoms with Gasteiger partial charge in [-0.25, -0.2) is 9.97 Å². The fourth-order valence-electron chi connectivity index (χ4n) is 3.57. The number of benzene rings is 1. The van der Waals surface area contributed by atoms with E-state index < -0.39 is 0 Å². The first-order valence-corrected chi connectivity index (χ1v) is 10.9. The second-order valence-electron chi connectivity index (χ2n) is 7.45. The fraction of sp³-hybridized carbons (Fsp3) is 0.217. The van der Waals surface area contributed by atoms with Crippen LogP contribution >= 0.6 is 11.3 Å². The zero-order valence-corrected chi connectivity index (χ0v) is 17.9. The van der Waals surface area contributed by atoms with Crippen LogP contribution < -0.4 is 4.74 Å². The minimum absolute atomic E-state index is 0.00611. The lowest BCUT2D eigenvalue weighted by Crippen LogP contribution is -2.32. The summed E-state index contributed by atoms with van der Waals surface area (Å²) in [5.74, 6) is 0.576. The molecule has 0 radical (unpaired) electrons. The average Bonchev–Trinajstić information content (AvgIpc) is 3.38. The van der Waals surface area contributed by atoms with E-state index in [4.69, 9.17) is 9.72 Å². The number of carbonyl (C=O) groups is 1. The van der Waals surface area contributed by atoms with Crippen LogP contribution in [0.15, 0.2) is 60.2 Å². The third-order valence-electron chi connectivity index (χ3n) is 5.11. The summed E-state index contributed by atoms with van der Waals surface area (Å²) < 4.78 is 7.61. The first-order chi connectivity index (χ1) is 15.1. The van der Waals surface area contributed by atoms with Gasteiger partial charge < -0.3 is 9.64 Å². The van der Waals surface area contributed by atoms with Crippen molar-refractivity contribution in [2.45, 2.75) is 26.6 Å². The molecule has 1 amide bonds. The molecule has 7 nitrogen and oxygen atoms in total. The SMILES string of the molecule is Cc1nc(CN2Cc3nc(-c4cnn(Cc5ccccc5)c4)ccc3OCC2=O)cs1. The quantitative estimate of drug-likeness (QED) is 0.482. The number of amides is 1. The summed E-state index contributed by atoms with van der Waals surface area (Å²) in [5.41, 5.74) is 4.55. The molecule has 0 atom stereocenters. The number of ether oxygens (including phenoxy) is 1. The predicted molar refractivity (Wildman–Crippen MR) is 118 cm³/mol. The molecule has 0 unspecified atom stereocenters. The Labute approximate surface area is 184 Å². The summed E-state index contributed by atoms with van der Waals surface area (Å²) in [7, 11) is 0. The van der Waals surface area contributed by atoms with Crippen LogP contribution in [0.25, 0.3) is 11.3 Å². The lowest BCUT2D eigenvalue weighted by Gasteiger charge is -2.18. The molecule has 0 saturated heterocycles. The van der Waals surface area contributed by atoms with E-state index in [1.54, 1.807) is 16.2 Å². The van der Waals surface area contributed by atoms with Crippen LogP contribution in [0, 0.1) is 6.92 Å². The Hall–Kier alpha value is -3.52. The molecule has 1 aliphatic heterocycles. The van der Waals surface area contributed by atoms with Gasteiger partial charge in [-0.2, -0.15) is 5.10 Å². The molecule has 0 fully saturated rings. The Morgan fingerprint density at radius 1 is 1.10 bits per heavy atom. The Kier molecular flexibility index (Phi) is 5.21. The highest BCUT2D eigenvalue weighted by Gasteiger charge is 2.24. The number of aromatic nitrogens is 4. The number of rotatable bonds is 5. The predicted octanol–water partition coefficient (Wildman–Crippen LogP) is 3.68. The summed E-state index contributed by atoms with van der Waals surface area (Å²) in [6.07, 6.45) is 3.80. The van der Waals surface area contributed by atoms with Gasteiger partial charge in [-0.05, 0) is 24.6 Å². The van der Waals surface area contributed by atoms with Crippen LogP contribution in [-0.4, -0.2) is 37.2 Å². The second-order valence-corrected chi connectivity index (χ2v) is 8.51. The van der Waals surface area contributed by atoms with Crippen LogP contribution in [0.5, 0.6) is 5.75 Å². The first kappa shape index (κ1) is 19.4. The third-order valence-corrected chi connectivity index (χ3v) is 5.94. The Balaban J connectivity index is 1.37. The Bertz CT molecular complexity index is 1220. The molecule has 156 valence electrons. The van der Waals surface area contributed by atoms with Crippen molar-refractivity contribution in [1.82, 2.24) is 24.6 Å². The molecule has 0 N–H and O–H groups in total. The molecule has 1 aromatic carbocycles. The molecule has 3 aromatic heterocycles. The highest BCUT2D eigenvalue weighted by molar-refractivity contribution is 7.09. The molecule has 0 saturated carbocycles. The van der Waals surface area contributed by atoms with Crippen molar-refractivity contribution in [2.75, 3.05) is 6.61 Å². The molecule has 4 aromatic rings. The van der Waals surface area contributed by atoms with Gasteiger partial charge in [0.2, 0.25) is 0 Å². The molecule has 4 heterocycles. The van der Waals surface area contributed by atoms with Gasteiger partial charge in [-0.15, -0.1) is 11.3 Å². The number of hydrogen-bond donors (Lipinski definition) is 0. The summed E-state index contributed by atoms with van der Waals surface area (Å²) in [6, 6.07) is 14.0. The van der Waals surface area contributed by atoms with Crippen molar-refractivity contribution in [3.05, 3.63) is 82.2 Å². The van der Waals surface area contributed by atoms with Gasteiger partial charge in [0.1, 0.15) is 11.4 Å². The fourth-order valence-corrected chi connectivity index (χ4v) is 4.17. The van der Waals surface area contributed by atoms with E-state index in [2.05, 4.69) is 22.2 Å². The number of hydrogen-bond acceptors (Lipinski definition) is 6. The topological polar surface area (TPSA) is 73.1 Å². The monoisotopic (exact) mass is 431 g/mol. The van der Waals surface area contributed by atoms with E-state index in [0.29, 0.717) is 25.4 Å². The molecular formula is C23H21N5O2S. The molecule has 8 heteroatoms. The van der Waals surface area contributed by atoms with Crippen molar-refractivity contribution >= 4 is 17.2 Å². The Morgan fingerprint density at radius 3 is 2.77 bits per heavy atom. The average molecular weight is 432 g/mol. The maximum Gasteiger partial charge on any atom is 0.261 e. The largest absolute Gasteiger partial charge is 0.482 e. The minimum Gasteiger partial charge on any atom is -0.482 e. The summed E-state index contributed by atoms with van der Waals surface area (Å²) in [6.45, 7) is 3.50. The van der Waals surface area contributed by atoms with Gasteiger partial charge in [-0.1, -0.05) is 30.3 Å². The van der Waals surface area contributed by atoms with E-state index in [1.165, 1.54) is 5.56 Å². The second kappa shape index (κ2) is 8.31. The van der Waals surface area contributed by atoms with E-state index in [0.717, 1.165) is 27.7 Å². The van der Waals surface area contributed by atoms with Crippen LogP contribution in [-0.2, 0) is 24.4 Å². The Morgan fingerprint density at radius 2 is 1.97 bits per heavy atom. The number of fused-ring (bicyclic) bond motifs is 1. The highest BCUT2D eigenvalue weighted by atomic mass is 32.1. The molecule has 0 aliphatic carbocycles. The number of carbonyl (C=O) groups excluding carboxylic acids is 1. The van der Waals surface area contributed by atoms with Gasteiger partial charge in [0.25, 0.3) is 5.91 Å². The van der Waals surface area contributed by atoms with Crippen molar-refractivity contribution in [3.8, 4) is 17.0 Å². The molecule has 5 rings (SSSR count). The highest BCUT2D eigenvalue weighted by Crippen LogP contribution is 2.27. The minimum atomic E-state index is -0.0686. The van der Waals surface area contributed by atoms with Crippen molar-refractivity contribution in [1.29, 1.82) is 0 Å². The van der Waals surface area contributed by atoms with Gasteiger partial charge >= 0.3 is 0 Å². The molecular weight excluding hydrogens is 410 g/mol. The number of aryl methyl sites for hydroxylation is 1. The molecule has 1 aliphatic rings. The third kappa shape index (κ3) is 4.34. The smallest absolute Gasteiger partial charge is 0.261 e. The molecule has 31 heavy (non-hydrogen) atoms. The van der Waals surface area contributed by atoms with Crippen LogP contribution in [0.4, 0.5) is 0 Å². The standard InChI is InChI=1S/C23H21N5O2S/c1-16-25-19(15-31-16)12-27-13-21-22(30-14-23(27)29)8-7-20(26-21)18-9-24-28(11-18)10-17-5-3-2-4-6-17/h2-9,11,15H,10,12-14H2,1H3. The number of thiazole rings is 1. The van der Waals surface area contributed by atoms with Crippen molar-refractivity contribution in [3.63, 3.8) is 0 Å². The van der Waals surface area contributed by atoms with Crippen molar-refractivity contribution in [2.24, 2.45) is 0 Å². The van der Waals surface area contributed by atoms with Gasteiger partial charge in [0.15, 0.2) is 6.61 Å². The van der Waals surface area contributed by atoms with Crippen molar-refractivity contribution < 1.29 is 9.53 Å². The zero-order valence-electron chi connectivity index (χ0n) is 17.1. The van der Waals surface area contributed by atoms with Crippen LogP contribution in [0.1, 0.15) is 22.0 Å². The summed E-state index contributed by atoms with van der Waals surface area (Å²) in [5, 5.41) is 7.45.